The van der Waals surface area contributed by atoms with Crippen LogP contribution in [0.15, 0.2) is 24.3 Å². The third kappa shape index (κ3) is 4.64. The molecule has 3 heteroatoms. The van der Waals surface area contributed by atoms with Crippen molar-refractivity contribution in [3.05, 3.63) is 35.4 Å². The van der Waals surface area contributed by atoms with E-state index in [0.717, 1.165) is 31.8 Å². The smallest absolute Gasteiger partial charge is 0.0702 e. The number of ether oxygens (including phenoxy) is 1. The summed E-state index contributed by atoms with van der Waals surface area (Å²) in [4.78, 5) is 2.44. The fourth-order valence-electron chi connectivity index (χ4n) is 2.49. The van der Waals surface area contributed by atoms with Crippen molar-refractivity contribution in [2.24, 2.45) is 5.73 Å². The molecule has 3 nitrogen and oxygen atoms in total. The van der Waals surface area contributed by atoms with Crippen LogP contribution in [0.3, 0.4) is 0 Å². The molecule has 0 bridgehead atoms. The average molecular weight is 272 g/mol. The normalized spacial score (nSPS) is 18.1. The van der Waals surface area contributed by atoms with E-state index in [1.165, 1.54) is 18.4 Å². The van der Waals surface area contributed by atoms with Crippen molar-refractivity contribution in [3.8, 4) is 11.8 Å². The van der Waals surface area contributed by atoms with Gasteiger partial charge in [0.25, 0.3) is 0 Å². The minimum atomic E-state index is 0.409. The van der Waals surface area contributed by atoms with Gasteiger partial charge in [-0.25, -0.2) is 0 Å². The molecular formula is C17H24N2O. The first-order valence-corrected chi connectivity index (χ1v) is 7.43. The fourth-order valence-corrected chi connectivity index (χ4v) is 2.49. The third-order valence-electron chi connectivity index (χ3n) is 3.63. The quantitative estimate of drug-likeness (QED) is 0.833. The molecule has 1 fully saturated rings. The molecule has 20 heavy (non-hydrogen) atoms. The van der Waals surface area contributed by atoms with E-state index in [-0.39, 0.29) is 0 Å². The maximum absolute atomic E-state index is 5.71. The zero-order chi connectivity index (χ0) is 14.2. The standard InChI is InChI=1S/C17H24N2O/c1-2-19(14-17-6-4-12-20-17)13-16-9-7-15(8-10-16)5-3-11-18/h7-10,17H,2,4,6,11-14,18H2,1H3. The molecule has 1 aromatic carbocycles. The minimum absolute atomic E-state index is 0.409. The number of hydrogen-bond acceptors (Lipinski definition) is 3. The van der Waals surface area contributed by atoms with Gasteiger partial charge in [-0.2, -0.15) is 0 Å². The average Bonchev–Trinajstić information content (AvgIpc) is 2.99. The first kappa shape index (κ1) is 15.1. The zero-order valence-electron chi connectivity index (χ0n) is 12.3. The molecule has 108 valence electrons. The summed E-state index contributed by atoms with van der Waals surface area (Å²) in [5, 5.41) is 0. The van der Waals surface area contributed by atoms with E-state index in [9.17, 15) is 0 Å². The summed E-state index contributed by atoms with van der Waals surface area (Å²) in [6.07, 6.45) is 2.82. The van der Waals surface area contributed by atoms with Gasteiger partial charge in [-0.3, -0.25) is 4.90 Å². The Balaban J connectivity index is 1.89. The maximum atomic E-state index is 5.71. The summed E-state index contributed by atoms with van der Waals surface area (Å²) in [6.45, 7) is 6.60. The Morgan fingerprint density at radius 2 is 2.15 bits per heavy atom. The fraction of sp³-hybridized carbons (Fsp3) is 0.529. The number of rotatable bonds is 5. The molecule has 1 atom stereocenters. The molecule has 0 amide bonds. The SMILES string of the molecule is CCN(Cc1ccc(C#CCN)cc1)CC1CCCO1. The van der Waals surface area contributed by atoms with Gasteiger partial charge in [-0.15, -0.1) is 0 Å². The first-order valence-electron chi connectivity index (χ1n) is 7.43. The Kier molecular flexibility index (Phi) is 6.07. The molecule has 1 heterocycles. The Bertz CT molecular complexity index is 452. The van der Waals surface area contributed by atoms with Crippen LogP contribution in [0.2, 0.25) is 0 Å². The van der Waals surface area contributed by atoms with Crippen LogP contribution >= 0.6 is 0 Å². The molecule has 1 aliphatic heterocycles. The Hall–Kier alpha value is -1.34. The monoisotopic (exact) mass is 272 g/mol. The highest BCUT2D eigenvalue weighted by Gasteiger charge is 2.18. The van der Waals surface area contributed by atoms with Crippen molar-refractivity contribution in [2.75, 3.05) is 26.2 Å². The lowest BCUT2D eigenvalue weighted by Crippen LogP contribution is -2.31. The summed E-state index contributed by atoms with van der Waals surface area (Å²) in [5.41, 5.74) is 7.73. The minimum Gasteiger partial charge on any atom is -0.377 e. The number of nitrogens with zero attached hydrogens (tertiary/aromatic N) is 1. The van der Waals surface area contributed by atoms with E-state index < -0.39 is 0 Å². The molecule has 0 aliphatic carbocycles. The van der Waals surface area contributed by atoms with Crippen molar-refractivity contribution >= 4 is 0 Å². The highest BCUT2D eigenvalue weighted by atomic mass is 16.5. The predicted octanol–water partition coefficient (Wildman–Crippen LogP) is 2.00. The third-order valence-corrected chi connectivity index (χ3v) is 3.63. The van der Waals surface area contributed by atoms with Crippen molar-refractivity contribution in [2.45, 2.75) is 32.4 Å². The summed E-state index contributed by atoms with van der Waals surface area (Å²) in [5.74, 6) is 5.92. The van der Waals surface area contributed by atoms with Crippen molar-refractivity contribution < 1.29 is 4.74 Å². The van der Waals surface area contributed by atoms with E-state index in [2.05, 4.69) is 47.9 Å². The molecule has 0 saturated carbocycles. The Morgan fingerprint density at radius 1 is 1.35 bits per heavy atom. The molecule has 2 rings (SSSR count). The van der Waals surface area contributed by atoms with E-state index in [4.69, 9.17) is 10.5 Å². The van der Waals surface area contributed by atoms with Crippen LogP contribution in [0.1, 0.15) is 30.9 Å². The first-order chi connectivity index (χ1) is 9.81. The Labute approximate surface area is 122 Å². The van der Waals surface area contributed by atoms with Gasteiger partial charge in [-0.05, 0) is 37.1 Å². The van der Waals surface area contributed by atoms with E-state index in [1.807, 2.05) is 0 Å². The lowest BCUT2D eigenvalue weighted by Gasteiger charge is -2.23. The molecule has 1 aliphatic rings. The summed E-state index contributed by atoms with van der Waals surface area (Å²) in [7, 11) is 0. The molecule has 0 radical (unpaired) electrons. The molecule has 1 saturated heterocycles. The van der Waals surface area contributed by atoms with Crippen molar-refractivity contribution in [1.82, 2.24) is 4.90 Å². The number of nitrogens with two attached hydrogens (primary N) is 1. The molecular weight excluding hydrogens is 248 g/mol. The second-order valence-corrected chi connectivity index (χ2v) is 5.17. The van der Waals surface area contributed by atoms with Gasteiger partial charge in [0, 0.05) is 25.3 Å². The van der Waals surface area contributed by atoms with E-state index in [0.29, 0.717) is 12.6 Å². The van der Waals surface area contributed by atoms with Crippen LogP contribution in [0.25, 0.3) is 0 Å². The second kappa shape index (κ2) is 8.06. The maximum Gasteiger partial charge on any atom is 0.0702 e. The topological polar surface area (TPSA) is 38.5 Å². The number of hydrogen-bond donors (Lipinski definition) is 1. The van der Waals surface area contributed by atoms with Gasteiger partial charge in [-0.1, -0.05) is 30.9 Å². The predicted molar refractivity (Wildman–Crippen MR) is 82.3 cm³/mol. The van der Waals surface area contributed by atoms with E-state index in [1.54, 1.807) is 0 Å². The van der Waals surface area contributed by atoms with Crippen LogP contribution in [0.4, 0.5) is 0 Å². The van der Waals surface area contributed by atoms with Crippen LogP contribution in [0, 0.1) is 11.8 Å². The lowest BCUT2D eigenvalue weighted by atomic mass is 10.1. The highest BCUT2D eigenvalue weighted by molar-refractivity contribution is 5.36. The molecule has 0 spiro atoms. The van der Waals surface area contributed by atoms with Gasteiger partial charge in [0.05, 0.1) is 12.6 Å². The van der Waals surface area contributed by atoms with Gasteiger partial charge >= 0.3 is 0 Å². The summed E-state index contributed by atoms with van der Waals surface area (Å²) >= 11 is 0. The molecule has 1 aromatic rings. The van der Waals surface area contributed by atoms with Crippen LogP contribution in [-0.2, 0) is 11.3 Å². The van der Waals surface area contributed by atoms with Crippen LogP contribution in [-0.4, -0.2) is 37.2 Å². The van der Waals surface area contributed by atoms with Crippen molar-refractivity contribution in [1.29, 1.82) is 0 Å². The van der Waals surface area contributed by atoms with Crippen LogP contribution < -0.4 is 5.73 Å². The van der Waals surface area contributed by atoms with E-state index >= 15 is 0 Å². The van der Waals surface area contributed by atoms with Gasteiger partial charge in [0.2, 0.25) is 0 Å². The summed E-state index contributed by atoms with van der Waals surface area (Å²) < 4.78 is 5.71. The second-order valence-electron chi connectivity index (χ2n) is 5.17. The van der Waals surface area contributed by atoms with Crippen LogP contribution in [0.5, 0.6) is 0 Å². The summed E-state index contributed by atoms with van der Waals surface area (Å²) in [6, 6.07) is 8.44. The number of likely N-dealkylation sites (N-methyl/N-ethyl adjacent to an activating group) is 1. The zero-order valence-corrected chi connectivity index (χ0v) is 12.3. The molecule has 0 aromatic heterocycles. The van der Waals surface area contributed by atoms with Gasteiger partial charge < -0.3 is 10.5 Å². The largest absolute Gasteiger partial charge is 0.377 e. The number of benzene rings is 1. The molecule has 1 unspecified atom stereocenters. The van der Waals surface area contributed by atoms with Gasteiger partial charge in [0.1, 0.15) is 0 Å². The van der Waals surface area contributed by atoms with Crippen molar-refractivity contribution in [3.63, 3.8) is 0 Å². The molecule has 2 N–H and O–H groups in total. The lowest BCUT2D eigenvalue weighted by molar-refractivity contribution is 0.0725. The Morgan fingerprint density at radius 3 is 2.75 bits per heavy atom. The van der Waals surface area contributed by atoms with Gasteiger partial charge in [0.15, 0.2) is 0 Å². The highest BCUT2D eigenvalue weighted by Crippen LogP contribution is 2.15.